The van der Waals surface area contributed by atoms with Gasteiger partial charge in [0.1, 0.15) is 13.2 Å². The lowest BCUT2D eigenvalue weighted by atomic mass is 10.1. The van der Waals surface area contributed by atoms with Crippen molar-refractivity contribution >= 4 is 17.5 Å². The molecule has 1 N–H and O–H groups in total. The van der Waals surface area contributed by atoms with Crippen LogP contribution in [0, 0.1) is 0 Å². The molecule has 4 heterocycles. The molecule has 9 heteroatoms. The topological polar surface area (TPSA) is 84.2 Å². The van der Waals surface area contributed by atoms with Crippen LogP contribution in [0.4, 0.5) is 5.95 Å². The number of nitrogens with zero attached hydrogens (tertiary/aromatic N) is 5. The van der Waals surface area contributed by atoms with E-state index in [1.807, 2.05) is 36.4 Å². The van der Waals surface area contributed by atoms with E-state index in [2.05, 4.69) is 32.2 Å². The van der Waals surface area contributed by atoms with Crippen LogP contribution < -0.4 is 14.8 Å². The number of aromatic nitrogens is 3. The number of pyridine rings is 1. The van der Waals surface area contributed by atoms with Crippen LogP contribution in [0.3, 0.4) is 0 Å². The van der Waals surface area contributed by atoms with Crippen LogP contribution in [-0.4, -0.2) is 83.3 Å². The summed E-state index contributed by atoms with van der Waals surface area (Å²) in [5.41, 5.74) is 2.47. The molecule has 0 spiro atoms. The fourth-order valence-corrected chi connectivity index (χ4v) is 3.90. The number of anilines is 1. The Labute approximate surface area is 180 Å². The molecule has 1 fully saturated rings. The molecule has 0 atom stereocenters. The van der Waals surface area contributed by atoms with Gasteiger partial charge in [0.15, 0.2) is 17.1 Å². The molecule has 9 nitrogen and oxygen atoms in total. The number of nitrogens with one attached hydrogen (secondary N) is 1. The molecule has 3 aromatic rings. The Morgan fingerprint density at radius 3 is 2.71 bits per heavy atom. The summed E-state index contributed by atoms with van der Waals surface area (Å²) in [6, 6.07) is 11.6. The van der Waals surface area contributed by atoms with Crippen LogP contribution in [0.2, 0.25) is 0 Å². The van der Waals surface area contributed by atoms with Crippen LogP contribution in [-0.2, 0) is 4.79 Å². The molecular weight excluding hydrogens is 396 g/mol. The van der Waals surface area contributed by atoms with E-state index in [9.17, 15) is 4.79 Å². The third kappa shape index (κ3) is 4.33. The van der Waals surface area contributed by atoms with Crippen LogP contribution in [0.5, 0.6) is 11.5 Å². The van der Waals surface area contributed by atoms with Gasteiger partial charge in [-0.15, -0.1) is 5.10 Å². The van der Waals surface area contributed by atoms with E-state index in [0.29, 0.717) is 31.2 Å². The van der Waals surface area contributed by atoms with E-state index in [0.717, 1.165) is 55.5 Å². The Kier molecular flexibility index (Phi) is 5.44. The first-order valence-corrected chi connectivity index (χ1v) is 10.6. The van der Waals surface area contributed by atoms with Gasteiger partial charge in [-0.05, 0) is 37.4 Å². The van der Waals surface area contributed by atoms with E-state index in [4.69, 9.17) is 9.47 Å². The number of fused-ring (bicyclic) bond motifs is 2. The molecule has 1 aromatic carbocycles. The Hall–Kier alpha value is -3.17. The molecule has 2 aliphatic rings. The lowest BCUT2D eigenvalue weighted by Gasteiger charge is -2.32. The first-order valence-electron chi connectivity index (χ1n) is 10.6. The maximum atomic E-state index is 12.4. The molecule has 1 amide bonds. The molecule has 0 bridgehead atoms. The Balaban J connectivity index is 1.30. The average Bonchev–Trinajstić information content (AvgIpc) is 3.20. The van der Waals surface area contributed by atoms with Crippen molar-refractivity contribution in [2.75, 3.05) is 58.3 Å². The summed E-state index contributed by atoms with van der Waals surface area (Å²) in [4.78, 5) is 21.5. The summed E-state index contributed by atoms with van der Waals surface area (Å²) < 4.78 is 13.1. The fourth-order valence-electron chi connectivity index (χ4n) is 3.90. The lowest BCUT2D eigenvalue weighted by molar-refractivity contribution is -0.116. The normalized spacial score (nSPS) is 17.1. The van der Waals surface area contributed by atoms with Gasteiger partial charge in [-0.1, -0.05) is 6.07 Å². The molecule has 0 unspecified atom stereocenters. The summed E-state index contributed by atoms with van der Waals surface area (Å²) in [7, 11) is 2.12. The van der Waals surface area contributed by atoms with Gasteiger partial charge in [-0.2, -0.15) is 4.98 Å². The number of ether oxygens (including phenoxy) is 2. The minimum Gasteiger partial charge on any atom is -0.486 e. The highest BCUT2D eigenvalue weighted by atomic mass is 16.6. The van der Waals surface area contributed by atoms with Crippen molar-refractivity contribution in [1.29, 1.82) is 0 Å². The second-order valence-electron chi connectivity index (χ2n) is 7.92. The van der Waals surface area contributed by atoms with Crippen LogP contribution in [0.1, 0.15) is 6.42 Å². The maximum Gasteiger partial charge on any atom is 0.249 e. The number of likely N-dealkylation sites (N-methyl/N-ethyl adjacent to an activating group) is 1. The standard InChI is InChI=1S/C22H26N6O3/c1-26-9-11-27(12-10-26)8-7-21(29)24-22-23-20-4-2-3-17(28(20)25-22)16-5-6-18-19(15-16)31-14-13-30-18/h2-6,15H,7-14H2,1H3,(H,24,25,29). The summed E-state index contributed by atoms with van der Waals surface area (Å²) >= 11 is 0. The molecule has 31 heavy (non-hydrogen) atoms. The van der Waals surface area contributed by atoms with E-state index >= 15 is 0 Å². The van der Waals surface area contributed by atoms with E-state index < -0.39 is 0 Å². The average molecular weight is 422 g/mol. The smallest absolute Gasteiger partial charge is 0.249 e. The predicted molar refractivity (Wildman–Crippen MR) is 117 cm³/mol. The Morgan fingerprint density at radius 2 is 1.87 bits per heavy atom. The molecule has 5 rings (SSSR count). The number of piperazine rings is 1. The van der Waals surface area contributed by atoms with Crippen molar-refractivity contribution < 1.29 is 14.3 Å². The zero-order valence-electron chi connectivity index (χ0n) is 17.6. The highest BCUT2D eigenvalue weighted by molar-refractivity contribution is 5.89. The van der Waals surface area contributed by atoms with Crippen molar-refractivity contribution in [3.63, 3.8) is 0 Å². The fraction of sp³-hybridized carbons (Fsp3) is 0.409. The number of amides is 1. The van der Waals surface area contributed by atoms with Crippen molar-refractivity contribution in [3.05, 3.63) is 36.4 Å². The molecule has 162 valence electrons. The summed E-state index contributed by atoms with van der Waals surface area (Å²) in [6.45, 7) is 5.91. The zero-order chi connectivity index (χ0) is 21.2. The molecule has 2 aromatic heterocycles. The number of carbonyl (C=O) groups excluding carboxylic acids is 1. The van der Waals surface area contributed by atoms with E-state index in [-0.39, 0.29) is 5.91 Å². The van der Waals surface area contributed by atoms with Gasteiger partial charge in [0.05, 0.1) is 5.69 Å². The number of rotatable bonds is 5. The second kappa shape index (κ2) is 8.52. The number of benzene rings is 1. The first-order chi connectivity index (χ1) is 15.2. The Morgan fingerprint density at radius 1 is 1.06 bits per heavy atom. The monoisotopic (exact) mass is 422 g/mol. The molecule has 2 aliphatic heterocycles. The maximum absolute atomic E-state index is 12.4. The second-order valence-corrected chi connectivity index (χ2v) is 7.92. The lowest BCUT2D eigenvalue weighted by Crippen LogP contribution is -2.45. The minimum absolute atomic E-state index is 0.0734. The van der Waals surface area contributed by atoms with E-state index in [1.165, 1.54) is 0 Å². The van der Waals surface area contributed by atoms with Crippen molar-refractivity contribution in [2.24, 2.45) is 0 Å². The summed E-state index contributed by atoms with van der Waals surface area (Å²) in [6.07, 6.45) is 0.425. The highest BCUT2D eigenvalue weighted by Crippen LogP contribution is 2.34. The molecule has 0 aliphatic carbocycles. The quantitative estimate of drug-likeness (QED) is 0.671. The third-order valence-electron chi connectivity index (χ3n) is 5.70. The van der Waals surface area contributed by atoms with Crippen LogP contribution in [0.15, 0.2) is 36.4 Å². The number of hydrogen-bond donors (Lipinski definition) is 1. The van der Waals surface area contributed by atoms with E-state index in [1.54, 1.807) is 4.52 Å². The van der Waals surface area contributed by atoms with Crippen molar-refractivity contribution in [1.82, 2.24) is 24.4 Å². The van der Waals surface area contributed by atoms with Crippen LogP contribution in [0.25, 0.3) is 16.9 Å². The molecule has 0 saturated carbocycles. The number of hydrogen-bond acceptors (Lipinski definition) is 7. The first kappa shape index (κ1) is 19.8. The zero-order valence-corrected chi connectivity index (χ0v) is 17.6. The van der Waals surface area contributed by atoms with Gasteiger partial charge in [-0.3, -0.25) is 10.1 Å². The number of carbonyl (C=O) groups is 1. The third-order valence-corrected chi connectivity index (χ3v) is 5.70. The van der Waals surface area contributed by atoms with Gasteiger partial charge in [-0.25, -0.2) is 4.52 Å². The van der Waals surface area contributed by atoms with Gasteiger partial charge in [0.2, 0.25) is 11.9 Å². The van der Waals surface area contributed by atoms with Crippen molar-refractivity contribution in [2.45, 2.75) is 6.42 Å². The summed E-state index contributed by atoms with van der Waals surface area (Å²) in [5.74, 6) is 1.71. The predicted octanol–water partition coefficient (Wildman–Crippen LogP) is 1.74. The Bertz CT molecular complexity index is 1090. The summed E-state index contributed by atoms with van der Waals surface area (Å²) in [5, 5.41) is 7.37. The van der Waals surface area contributed by atoms with Gasteiger partial charge >= 0.3 is 0 Å². The molecular formula is C22H26N6O3. The largest absolute Gasteiger partial charge is 0.486 e. The minimum atomic E-state index is -0.0734. The highest BCUT2D eigenvalue weighted by Gasteiger charge is 2.17. The van der Waals surface area contributed by atoms with Crippen molar-refractivity contribution in [3.8, 4) is 22.8 Å². The van der Waals surface area contributed by atoms with Gasteiger partial charge in [0, 0.05) is 44.7 Å². The van der Waals surface area contributed by atoms with Gasteiger partial charge in [0.25, 0.3) is 0 Å². The molecule has 1 saturated heterocycles. The van der Waals surface area contributed by atoms with Crippen LogP contribution >= 0.6 is 0 Å². The molecule has 0 radical (unpaired) electrons. The van der Waals surface area contributed by atoms with Gasteiger partial charge < -0.3 is 19.3 Å². The SMILES string of the molecule is CN1CCN(CCC(=O)Nc2nc3cccc(-c4ccc5c(c4)OCCO5)n3n2)CC1.